The van der Waals surface area contributed by atoms with Crippen LogP contribution >= 0.6 is 0 Å². The van der Waals surface area contributed by atoms with Crippen molar-refractivity contribution in [3.63, 3.8) is 0 Å². The molecule has 7 heteroatoms. The fourth-order valence-corrected chi connectivity index (χ4v) is 4.65. The van der Waals surface area contributed by atoms with Gasteiger partial charge in [-0.1, -0.05) is 58.0 Å². The van der Waals surface area contributed by atoms with Crippen molar-refractivity contribution in [2.45, 2.75) is 96.6 Å². The van der Waals surface area contributed by atoms with E-state index in [4.69, 9.17) is 14.2 Å². The van der Waals surface area contributed by atoms with Crippen molar-refractivity contribution in [2.24, 2.45) is 17.8 Å². The van der Waals surface area contributed by atoms with Crippen molar-refractivity contribution in [1.82, 2.24) is 0 Å². The molecule has 1 aromatic rings. The Morgan fingerprint density at radius 2 is 1.79 bits per heavy atom. The number of hydrogen-bond acceptors (Lipinski definition) is 6. The Morgan fingerprint density at radius 1 is 1.12 bits per heavy atom. The highest BCUT2D eigenvalue weighted by Gasteiger charge is 2.38. The summed E-state index contributed by atoms with van der Waals surface area (Å²) in [6.45, 7) is 8.17. The normalized spacial score (nSPS) is 25.9. The lowest BCUT2D eigenvalue weighted by molar-refractivity contribution is -0.165. The summed E-state index contributed by atoms with van der Waals surface area (Å²) in [7, 11) is 1.61. The fraction of sp³-hybridized carbons (Fsp3) is 0.731. The van der Waals surface area contributed by atoms with Crippen LogP contribution in [0.25, 0.3) is 0 Å². The Kier molecular flexibility index (Phi) is 11.3. The first kappa shape index (κ1) is 27.7. The molecule has 188 valence electrons. The van der Waals surface area contributed by atoms with Gasteiger partial charge in [-0.2, -0.15) is 0 Å². The van der Waals surface area contributed by atoms with Crippen molar-refractivity contribution >= 4 is 5.97 Å². The summed E-state index contributed by atoms with van der Waals surface area (Å²) in [5.74, 6) is -1.23. The van der Waals surface area contributed by atoms with Gasteiger partial charge < -0.3 is 29.5 Å². The van der Waals surface area contributed by atoms with E-state index in [1.54, 1.807) is 7.11 Å². The third-order valence-corrected chi connectivity index (χ3v) is 6.90. The molecule has 3 N–H and O–H groups in total. The smallest absolute Gasteiger partial charge is 0.305 e. The van der Waals surface area contributed by atoms with Gasteiger partial charge in [-0.25, -0.2) is 0 Å². The van der Waals surface area contributed by atoms with Crippen molar-refractivity contribution in [3.05, 3.63) is 35.9 Å². The van der Waals surface area contributed by atoms with E-state index in [1.807, 2.05) is 58.0 Å². The predicted molar refractivity (Wildman–Crippen MR) is 126 cm³/mol. The van der Waals surface area contributed by atoms with Gasteiger partial charge >= 0.3 is 5.97 Å². The highest BCUT2D eigenvalue weighted by Crippen LogP contribution is 2.33. The van der Waals surface area contributed by atoms with Gasteiger partial charge in [0.05, 0.1) is 49.7 Å². The molecule has 1 aliphatic heterocycles. The molecule has 0 unspecified atom stereocenters. The molecule has 0 spiro atoms. The predicted octanol–water partition coefficient (Wildman–Crippen LogP) is 3.65. The van der Waals surface area contributed by atoms with Crippen LogP contribution in [-0.2, 0) is 25.6 Å². The molecule has 1 aromatic carbocycles. The van der Waals surface area contributed by atoms with E-state index in [1.165, 1.54) is 0 Å². The van der Waals surface area contributed by atoms with Crippen molar-refractivity contribution < 1.29 is 34.3 Å². The molecule has 0 amide bonds. The first-order chi connectivity index (χ1) is 15.6. The molecule has 33 heavy (non-hydrogen) atoms. The highest BCUT2D eigenvalue weighted by molar-refractivity contribution is 5.67. The van der Waals surface area contributed by atoms with E-state index in [9.17, 15) is 20.1 Å². The topological polar surface area (TPSA) is 105 Å². The number of carboxylic acid groups (broad SMARTS) is 1. The molecule has 1 saturated heterocycles. The minimum absolute atomic E-state index is 0.0500. The van der Waals surface area contributed by atoms with Gasteiger partial charge in [-0.05, 0) is 11.5 Å². The van der Waals surface area contributed by atoms with Gasteiger partial charge in [-0.15, -0.1) is 0 Å². The molecule has 0 radical (unpaired) electrons. The molecule has 8 atom stereocenters. The van der Waals surface area contributed by atoms with Crippen LogP contribution in [0.4, 0.5) is 0 Å². The molecule has 0 saturated carbocycles. The van der Waals surface area contributed by atoms with Crippen LogP contribution in [0.2, 0.25) is 0 Å². The average Bonchev–Trinajstić information content (AvgIpc) is 2.79. The zero-order valence-electron chi connectivity index (χ0n) is 20.6. The molecule has 0 aliphatic carbocycles. The number of aliphatic hydroxyl groups excluding tert-OH is 2. The minimum Gasteiger partial charge on any atom is -0.481 e. The zero-order valence-corrected chi connectivity index (χ0v) is 20.6. The molecular weight excluding hydrogens is 424 g/mol. The van der Waals surface area contributed by atoms with Gasteiger partial charge in [0.2, 0.25) is 0 Å². The number of aliphatic carboxylic acids is 1. The number of aliphatic hydroxyl groups is 2. The van der Waals surface area contributed by atoms with E-state index >= 15 is 0 Å². The number of hydrogen-bond donors (Lipinski definition) is 3. The maximum absolute atomic E-state index is 11.4. The largest absolute Gasteiger partial charge is 0.481 e. The highest BCUT2D eigenvalue weighted by atomic mass is 16.5. The van der Waals surface area contributed by atoms with E-state index in [0.29, 0.717) is 25.9 Å². The Labute approximate surface area is 198 Å². The number of rotatable bonds is 13. The summed E-state index contributed by atoms with van der Waals surface area (Å²) in [4.78, 5) is 11.4. The van der Waals surface area contributed by atoms with Crippen LogP contribution in [0.3, 0.4) is 0 Å². The Balaban J connectivity index is 2.05. The van der Waals surface area contributed by atoms with Gasteiger partial charge in [0, 0.05) is 38.2 Å². The average molecular weight is 467 g/mol. The number of carbonyl (C=O) groups is 1. The zero-order chi connectivity index (χ0) is 24.5. The number of benzene rings is 1. The maximum atomic E-state index is 11.4. The van der Waals surface area contributed by atoms with Crippen LogP contribution in [-0.4, -0.2) is 65.0 Å². The third kappa shape index (κ3) is 8.65. The van der Waals surface area contributed by atoms with Crippen LogP contribution in [0.15, 0.2) is 30.3 Å². The second-order valence-electron chi connectivity index (χ2n) is 9.81. The Bertz CT molecular complexity index is 695. The van der Waals surface area contributed by atoms with Crippen LogP contribution < -0.4 is 0 Å². The summed E-state index contributed by atoms with van der Waals surface area (Å²) in [5, 5.41) is 30.4. The Morgan fingerprint density at radius 3 is 2.36 bits per heavy atom. The van der Waals surface area contributed by atoms with Crippen molar-refractivity contribution in [2.75, 3.05) is 7.11 Å². The van der Waals surface area contributed by atoms with E-state index < -0.39 is 24.3 Å². The standard InChI is InChI=1S/C26H42O7/c1-16(2)26(30)17(3)22(27)14-23(31-5)18(4)24-12-20(11-21(33-24)13-25(28)29)32-15-19-9-7-6-8-10-19/h6-10,16-18,20-24,26-27,30H,11-15H2,1-5H3,(H,28,29)/t17-,18+,20-,21+,22-,23+,24-,26+/m0/s1. The van der Waals surface area contributed by atoms with Gasteiger partial charge in [0.1, 0.15) is 0 Å². The molecule has 0 aromatic heterocycles. The molecule has 1 aliphatic rings. The summed E-state index contributed by atoms with van der Waals surface area (Å²) in [6.07, 6.45) is -1.00. The number of ether oxygens (including phenoxy) is 3. The van der Waals surface area contributed by atoms with Crippen molar-refractivity contribution in [1.29, 1.82) is 0 Å². The molecular formula is C26H42O7. The van der Waals surface area contributed by atoms with Crippen LogP contribution in [0.1, 0.15) is 58.9 Å². The van der Waals surface area contributed by atoms with Crippen LogP contribution in [0.5, 0.6) is 0 Å². The lowest BCUT2D eigenvalue weighted by Gasteiger charge is -2.40. The lowest BCUT2D eigenvalue weighted by Crippen LogP contribution is -2.45. The summed E-state index contributed by atoms with van der Waals surface area (Å²) < 4.78 is 18.1. The molecule has 7 nitrogen and oxygen atoms in total. The number of methoxy groups -OCH3 is 1. The summed E-state index contributed by atoms with van der Waals surface area (Å²) in [5.41, 5.74) is 1.07. The number of carboxylic acids is 1. The third-order valence-electron chi connectivity index (χ3n) is 6.90. The second-order valence-corrected chi connectivity index (χ2v) is 9.81. The maximum Gasteiger partial charge on any atom is 0.305 e. The van der Waals surface area contributed by atoms with E-state index in [-0.39, 0.29) is 42.5 Å². The van der Waals surface area contributed by atoms with Crippen molar-refractivity contribution in [3.8, 4) is 0 Å². The Hall–Kier alpha value is -1.51. The van der Waals surface area contributed by atoms with Gasteiger partial charge in [-0.3, -0.25) is 4.79 Å². The minimum atomic E-state index is -0.898. The molecule has 1 fully saturated rings. The first-order valence-electron chi connectivity index (χ1n) is 12.0. The molecule has 2 rings (SSSR count). The molecule has 0 bridgehead atoms. The summed E-state index contributed by atoms with van der Waals surface area (Å²) in [6, 6.07) is 9.89. The fourth-order valence-electron chi connectivity index (χ4n) is 4.65. The van der Waals surface area contributed by atoms with E-state index in [2.05, 4.69) is 0 Å². The first-order valence-corrected chi connectivity index (χ1v) is 12.0. The second kappa shape index (κ2) is 13.4. The lowest BCUT2D eigenvalue weighted by atomic mass is 9.83. The quantitative estimate of drug-likeness (QED) is 0.407. The van der Waals surface area contributed by atoms with Gasteiger partial charge in [0.25, 0.3) is 0 Å². The van der Waals surface area contributed by atoms with E-state index in [0.717, 1.165) is 5.56 Å². The SMILES string of the molecule is CO[C@H](C[C@H](O)[C@H](C)[C@H](O)C(C)C)[C@@H](C)[C@@H]1C[C@@H](OCc2ccccc2)C[C@H](CC(=O)O)O1. The summed E-state index contributed by atoms with van der Waals surface area (Å²) >= 11 is 0. The van der Waals surface area contributed by atoms with Crippen LogP contribution in [0, 0.1) is 17.8 Å². The van der Waals surface area contributed by atoms with Gasteiger partial charge in [0.15, 0.2) is 0 Å². The molecule has 1 heterocycles. The monoisotopic (exact) mass is 466 g/mol.